The van der Waals surface area contributed by atoms with Crippen molar-refractivity contribution in [3.8, 4) is 0 Å². The Bertz CT molecular complexity index is 705. The molecule has 0 unspecified atom stereocenters. The van der Waals surface area contributed by atoms with Gasteiger partial charge in [-0.25, -0.2) is 14.4 Å². The molecule has 2 aromatic rings. The number of nitrogens with zero attached hydrogens (tertiary/aromatic N) is 2. The fourth-order valence-corrected chi connectivity index (χ4v) is 1.60. The summed E-state index contributed by atoms with van der Waals surface area (Å²) in [6, 6.07) is 3.77. The van der Waals surface area contributed by atoms with Crippen LogP contribution >= 0.6 is 0 Å². The minimum atomic E-state index is -0.609. The quantitative estimate of drug-likeness (QED) is 0.791. The molecule has 0 aliphatic rings. The van der Waals surface area contributed by atoms with Gasteiger partial charge in [0.2, 0.25) is 5.91 Å². The summed E-state index contributed by atoms with van der Waals surface area (Å²) in [6.07, 6.45) is 2.69. The minimum Gasteiger partial charge on any atom is -0.382 e. The zero-order valence-electron chi connectivity index (χ0n) is 11.1. The number of nitrogen functional groups attached to an aromatic ring is 1. The molecule has 0 aliphatic heterocycles. The molecule has 1 heterocycles. The van der Waals surface area contributed by atoms with Gasteiger partial charge in [0.15, 0.2) is 11.5 Å². The number of carbonyl (C=O) groups excluding carboxylic acids is 2. The molecule has 0 spiro atoms. The molecule has 0 saturated heterocycles. The Morgan fingerprint density at radius 3 is 2.57 bits per heavy atom. The number of benzene rings is 1. The van der Waals surface area contributed by atoms with Crippen molar-refractivity contribution >= 4 is 29.0 Å². The molecule has 0 bridgehead atoms. The molecular weight excluding hydrogens is 277 g/mol. The number of aromatic nitrogens is 2. The normalized spacial score (nSPS) is 10.0. The van der Waals surface area contributed by atoms with Gasteiger partial charge in [0.05, 0.1) is 5.69 Å². The molecule has 0 fully saturated rings. The Labute approximate surface area is 119 Å². The second-order valence-electron chi connectivity index (χ2n) is 4.12. The SMILES string of the molecule is CC(=O)Nc1cc(NC(=O)c2nccnc2N)ccc1F. The van der Waals surface area contributed by atoms with Gasteiger partial charge in [-0.2, -0.15) is 0 Å². The Morgan fingerprint density at radius 1 is 1.19 bits per heavy atom. The Hall–Kier alpha value is -3.03. The lowest BCUT2D eigenvalue weighted by molar-refractivity contribution is -0.114. The van der Waals surface area contributed by atoms with Crippen LogP contribution in [-0.4, -0.2) is 21.8 Å². The summed E-state index contributed by atoms with van der Waals surface area (Å²) in [5, 5.41) is 4.82. The van der Waals surface area contributed by atoms with Crippen molar-refractivity contribution in [1.82, 2.24) is 9.97 Å². The summed E-state index contributed by atoms with van der Waals surface area (Å²) < 4.78 is 13.5. The van der Waals surface area contributed by atoms with Crippen LogP contribution < -0.4 is 16.4 Å². The van der Waals surface area contributed by atoms with Crippen LogP contribution in [0, 0.1) is 5.82 Å². The number of hydrogen-bond donors (Lipinski definition) is 3. The first-order chi connectivity index (χ1) is 9.97. The number of anilines is 3. The second-order valence-corrected chi connectivity index (χ2v) is 4.12. The molecule has 0 aliphatic carbocycles. The second kappa shape index (κ2) is 5.95. The van der Waals surface area contributed by atoms with Crippen LogP contribution in [0.15, 0.2) is 30.6 Å². The fourth-order valence-electron chi connectivity index (χ4n) is 1.60. The average molecular weight is 289 g/mol. The average Bonchev–Trinajstić information content (AvgIpc) is 2.42. The van der Waals surface area contributed by atoms with E-state index in [0.717, 1.165) is 6.07 Å². The largest absolute Gasteiger partial charge is 0.382 e. The summed E-state index contributed by atoms with van der Waals surface area (Å²) in [6.45, 7) is 1.25. The van der Waals surface area contributed by atoms with Gasteiger partial charge >= 0.3 is 0 Å². The number of nitrogens with one attached hydrogen (secondary N) is 2. The zero-order valence-corrected chi connectivity index (χ0v) is 11.1. The van der Waals surface area contributed by atoms with Gasteiger partial charge < -0.3 is 16.4 Å². The third-order valence-electron chi connectivity index (χ3n) is 2.48. The fraction of sp³-hybridized carbons (Fsp3) is 0.0769. The lowest BCUT2D eigenvalue weighted by Crippen LogP contribution is -2.17. The van der Waals surface area contributed by atoms with Crippen molar-refractivity contribution in [2.24, 2.45) is 0 Å². The number of carbonyl (C=O) groups is 2. The highest BCUT2D eigenvalue weighted by atomic mass is 19.1. The minimum absolute atomic E-state index is 0.0146. The standard InChI is InChI=1S/C13H12FN5O2/c1-7(20)18-10-6-8(2-3-9(10)14)19-13(21)11-12(15)17-5-4-16-11/h2-6H,1H3,(H2,15,17)(H,18,20)(H,19,21). The third-order valence-corrected chi connectivity index (χ3v) is 2.48. The summed E-state index contributed by atoms with van der Waals surface area (Å²) in [4.78, 5) is 30.5. The molecule has 8 heteroatoms. The van der Waals surface area contributed by atoms with Crippen LogP contribution in [0.2, 0.25) is 0 Å². The van der Waals surface area contributed by atoms with Crippen LogP contribution in [0.25, 0.3) is 0 Å². The van der Waals surface area contributed by atoms with Crippen molar-refractivity contribution in [2.45, 2.75) is 6.92 Å². The molecule has 0 atom stereocenters. The molecule has 108 valence electrons. The van der Waals surface area contributed by atoms with Crippen LogP contribution in [0.1, 0.15) is 17.4 Å². The highest BCUT2D eigenvalue weighted by molar-refractivity contribution is 6.06. The van der Waals surface area contributed by atoms with Crippen molar-refractivity contribution in [3.05, 3.63) is 42.1 Å². The predicted molar refractivity (Wildman–Crippen MR) is 75.1 cm³/mol. The lowest BCUT2D eigenvalue weighted by atomic mass is 10.2. The Morgan fingerprint density at radius 2 is 1.90 bits per heavy atom. The summed E-state index contributed by atoms with van der Waals surface area (Å²) in [5.41, 5.74) is 5.76. The summed E-state index contributed by atoms with van der Waals surface area (Å²) in [7, 11) is 0. The molecule has 21 heavy (non-hydrogen) atoms. The van der Waals surface area contributed by atoms with Crippen molar-refractivity contribution in [2.75, 3.05) is 16.4 Å². The van der Waals surface area contributed by atoms with Crippen LogP contribution in [0.4, 0.5) is 21.6 Å². The van der Waals surface area contributed by atoms with E-state index in [2.05, 4.69) is 20.6 Å². The number of nitrogens with two attached hydrogens (primary N) is 1. The maximum atomic E-state index is 13.5. The number of hydrogen-bond acceptors (Lipinski definition) is 5. The number of halogens is 1. The molecule has 1 aromatic carbocycles. The van der Waals surface area contributed by atoms with Gasteiger partial charge in [-0.05, 0) is 18.2 Å². The first kappa shape index (κ1) is 14.4. The van der Waals surface area contributed by atoms with E-state index in [4.69, 9.17) is 5.73 Å². The number of amides is 2. The Kier molecular flexibility index (Phi) is 4.07. The molecule has 0 radical (unpaired) electrons. The number of rotatable bonds is 3. The van der Waals surface area contributed by atoms with Gasteiger partial charge in [-0.15, -0.1) is 0 Å². The van der Waals surface area contributed by atoms with Crippen molar-refractivity contribution in [3.63, 3.8) is 0 Å². The van der Waals surface area contributed by atoms with E-state index in [9.17, 15) is 14.0 Å². The van der Waals surface area contributed by atoms with E-state index < -0.39 is 17.6 Å². The molecule has 2 amide bonds. The van der Waals surface area contributed by atoms with E-state index in [1.807, 2.05) is 0 Å². The first-order valence-electron chi connectivity index (χ1n) is 5.92. The van der Waals surface area contributed by atoms with E-state index >= 15 is 0 Å². The van der Waals surface area contributed by atoms with E-state index in [-0.39, 0.29) is 22.9 Å². The van der Waals surface area contributed by atoms with Gasteiger partial charge in [-0.1, -0.05) is 0 Å². The molecule has 0 saturated carbocycles. The van der Waals surface area contributed by atoms with Gasteiger partial charge in [-0.3, -0.25) is 9.59 Å². The predicted octanol–water partition coefficient (Wildman–Crippen LogP) is 1.41. The molecular formula is C13H12FN5O2. The van der Waals surface area contributed by atoms with E-state index in [1.165, 1.54) is 31.5 Å². The topological polar surface area (TPSA) is 110 Å². The Balaban J connectivity index is 2.22. The zero-order chi connectivity index (χ0) is 15.4. The lowest BCUT2D eigenvalue weighted by Gasteiger charge is -2.09. The molecule has 2 rings (SSSR count). The first-order valence-corrected chi connectivity index (χ1v) is 5.92. The van der Waals surface area contributed by atoms with Gasteiger partial charge in [0, 0.05) is 25.0 Å². The van der Waals surface area contributed by atoms with Crippen molar-refractivity contribution in [1.29, 1.82) is 0 Å². The van der Waals surface area contributed by atoms with Gasteiger partial charge in [0.1, 0.15) is 5.82 Å². The van der Waals surface area contributed by atoms with Gasteiger partial charge in [0.25, 0.3) is 5.91 Å². The van der Waals surface area contributed by atoms with Crippen LogP contribution in [0.3, 0.4) is 0 Å². The summed E-state index contributed by atoms with van der Waals surface area (Å²) >= 11 is 0. The summed E-state index contributed by atoms with van der Waals surface area (Å²) in [5.74, 6) is -1.63. The van der Waals surface area contributed by atoms with E-state index in [0.29, 0.717) is 0 Å². The highest BCUT2D eigenvalue weighted by Crippen LogP contribution is 2.20. The van der Waals surface area contributed by atoms with Crippen molar-refractivity contribution < 1.29 is 14.0 Å². The maximum Gasteiger partial charge on any atom is 0.278 e. The van der Waals surface area contributed by atoms with Crippen LogP contribution in [0.5, 0.6) is 0 Å². The molecule has 4 N–H and O–H groups in total. The maximum absolute atomic E-state index is 13.5. The smallest absolute Gasteiger partial charge is 0.278 e. The van der Waals surface area contributed by atoms with Crippen LogP contribution in [-0.2, 0) is 4.79 Å². The monoisotopic (exact) mass is 289 g/mol. The third kappa shape index (κ3) is 3.50. The van der Waals surface area contributed by atoms with E-state index in [1.54, 1.807) is 0 Å². The highest BCUT2D eigenvalue weighted by Gasteiger charge is 2.13. The molecule has 7 nitrogen and oxygen atoms in total. The molecule has 1 aromatic heterocycles.